The van der Waals surface area contributed by atoms with Crippen molar-refractivity contribution in [1.82, 2.24) is 4.90 Å². The zero-order valence-electron chi connectivity index (χ0n) is 8.19. The predicted molar refractivity (Wildman–Crippen MR) is 48.4 cm³/mol. The normalized spacial score (nSPS) is 27.8. The lowest BCUT2D eigenvalue weighted by atomic mass is 10.1. The van der Waals surface area contributed by atoms with E-state index in [1.54, 1.807) is 4.90 Å². The number of likely N-dealkylation sites (tertiary alicyclic amines) is 1. The van der Waals surface area contributed by atoms with E-state index in [1.807, 2.05) is 0 Å². The van der Waals surface area contributed by atoms with Gasteiger partial charge in [-0.15, -0.1) is 0 Å². The highest BCUT2D eigenvalue weighted by Gasteiger charge is 2.33. The molecule has 76 valence electrons. The number of carbonyl (C=O) groups is 1. The third-order valence-corrected chi connectivity index (χ3v) is 2.42. The summed E-state index contributed by atoms with van der Waals surface area (Å²) in [7, 11) is 1.37. The van der Waals surface area contributed by atoms with Crippen molar-refractivity contribution < 1.29 is 14.6 Å². The highest BCUT2D eigenvalue weighted by molar-refractivity contribution is 5.68. The summed E-state index contributed by atoms with van der Waals surface area (Å²) in [6, 6.07) is 0.160. The second-order valence-corrected chi connectivity index (χ2v) is 3.45. The molecule has 4 heteroatoms. The second kappa shape index (κ2) is 4.46. The quantitative estimate of drug-likeness (QED) is 0.701. The Morgan fingerprint density at radius 2 is 2.38 bits per heavy atom. The number of hydrogen-bond acceptors (Lipinski definition) is 3. The van der Waals surface area contributed by atoms with Gasteiger partial charge in [-0.25, -0.2) is 4.79 Å². The molecule has 1 N–H and O–H groups in total. The smallest absolute Gasteiger partial charge is 0.409 e. The monoisotopic (exact) mass is 187 g/mol. The first-order valence-electron chi connectivity index (χ1n) is 4.71. The number of ether oxygens (including phenoxy) is 1. The molecule has 1 saturated heterocycles. The molecule has 1 aliphatic heterocycles. The van der Waals surface area contributed by atoms with Crippen LogP contribution in [-0.4, -0.2) is 41.9 Å². The molecule has 1 rings (SSSR count). The Morgan fingerprint density at radius 3 is 2.92 bits per heavy atom. The summed E-state index contributed by atoms with van der Waals surface area (Å²) in [4.78, 5) is 12.9. The van der Waals surface area contributed by atoms with Gasteiger partial charge in [0, 0.05) is 6.04 Å². The third kappa shape index (κ3) is 2.34. The van der Waals surface area contributed by atoms with Crippen LogP contribution in [0.3, 0.4) is 0 Å². The first kappa shape index (κ1) is 10.3. The molecular weight excluding hydrogens is 170 g/mol. The van der Waals surface area contributed by atoms with Crippen molar-refractivity contribution in [3.8, 4) is 0 Å². The molecule has 0 aromatic heterocycles. The van der Waals surface area contributed by atoms with Gasteiger partial charge in [0.1, 0.15) is 0 Å². The summed E-state index contributed by atoms with van der Waals surface area (Å²) in [5.74, 6) is 0. The molecule has 0 bridgehead atoms. The molecule has 1 fully saturated rings. The van der Waals surface area contributed by atoms with Crippen LogP contribution in [0, 0.1) is 0 Å². The Labute approximate surface area is 78.5 Å². The molecule has 1 amide bonds. The summed E-state index contributed by atoms with van der Waals surface area (Å²) in [6.07, 6.45) is 1.94. The van der Waals surface area contributed by atoms with E-state index in [4.69, 9.17) is 0 Å². The van der Waals surface area contributed by atoms with Crippen molar-refractivity contribution in [2.45, 2.75) is 38.3 Å². The van der Waals surface area contributed by atoms with Gasteiger partial charge in [0.05, 0.1) is 19.8 Å². The van der Waals surface area contributed by atoms with Crippen LogP contribution in [0.5, 0.6) is 0 Å². The van der Waals surface area contributed by atoms with Gasteiger partial charge in [-0.2, -0.15) is 0 Å². The lowest BCUT2D eigenvalue weighted by Crippen LogP contribution is -2.35. The van der Waals surface area contributed by atoms with E-state index >= 15 is 0 Å². The summed E-state index contributed by atoms with van der Waals surface area (Å²) < 4.78 is 4.63. The minimum Gasteiger partial charge on any atom is -0.453 e. The fraction of sp³-hybridized carbons (Fsp3) is 0.889. The zero-order chi connectivity index (χ0) is 9.84. The number of carbonyl (C=O) groups excluding carboxylic acids is 1. The van der Waals surface area contributed by atoms with Crippen LogP contribution in [0.2, 0.25) is 0 Å². The van der Waals surface area contributed by atoms with Crippen molar-refractivity contribution in [3.63, 3.8) is 0 Å². The van der Waals surface area contributed by atoms with E-state index in [1.165, 1.54) is 7.11 Å². The van der Waals surface area contributed by atoms with Crippen LogP contribution in [0.15, 0.2) is 0 Å². The molecule has 0 aromatic carbocycles. The number of nitrogens with zero attached hydrogens (tertiary/aromatic N) is 1. The van der Waals surface area contributed by atoms with Crippen LogP contribution in [-0.2, 0) is 4.74 Å². The predicted octanol–water partition coefficient (Wildman–Crippen LogP) is 0.988. The average Bonchev–Trinajstić information content (AvgIpc) is 2.46. The Bertz CT molecular complexity index is 184. The minimum absolute atomic E-state index is 0.160. The molecule has 4 nitrogen and oxygen atoms in total. The van der Waals surface area contributed by atoms with E-state index in [-0.39, 0.29) is 18.2 Å². The number of methoxy groups -OCH3 is 1. The summed E-state index contributed by atoms with van der Waals surface area (Å²) in [5, 5.41) is 9.39. The first-order valence-corrected chi connectivity index (χ1v) is 4.71. The van der Waals surface area contributed by atoms with Gasteiger partial charge < -0.3 is 14.7 Å². The maximum atomic E-state index is 11.2. The van der Waals surface area contributed by atoms with Gasteiger partial charge in [-0.3, -0.25) is 0 Å². The summed E-state index contributed by atoms with van der Waals surface area (Å²) in [5.41, 5.74) is 0. The van der Waals surface area contributed by atoms with Crippen molar-refractivity contribution in [3.05, 3.63) is 0 Å². The molecule has 1 heterocycles. The van der Waals surface area contributed by atoms with Gasteiger partial charge in [0.15, 0.2) is 0 Å². The van der Waals surface area contributed by atoms with Gasteiger partial charge in [-0.1, -0.05) is 13.3 Å². The molecule has 0 saturated carbocycles. The van der Waals surface area contributed by atoms with Gasteiger partial charge in [0.25, 0.3) is 0 Å². The number of aliphatic hydroxyl groups excluding tert-OH is 1. The Morgan fingerprint density at radius 1 is 1.69 bits per heavy atom. The largest absolute Gasteiger partial charge is 0.453 e. The van der Waals surface area contributed by atoms with Crippen LogP contribution in [0.1, 0.15) is 26.2 Å². The molecule has 0 radical (unpaired) electrons. The van der Waals surface area contributed by atoms with E-state index < -0.39 is 0 Å². The molecule has 0 aliphatic carbocycles. The van der Waals surface area contributed by atoms with Gasteiger partial charge in [-0.05, 0) is 12.8 Å². The standard InChI is InChI=1S/C9H17NO3/c1-3-4-7-5-8(11)6-10(7)9(12)13-2/h7-8,11H,3-6H2,1-2H3/t7-,8+/m1/s1. The number of amides is 1. The second-order valence-electron chi connectivity index (χ2n) is 3.45. The molecule has 13 heavy (non-hydrogen) atoms. The van der Waals surface area contributed by atoms with Crippen LogP contribution < -0.4 is 0 Å². The fourth-order valence-electron chi connectivity index (χ4n) is 1.84. The number of hydrogen-bond donors (Lipinski definition) is 1. The number of rotatable bonds is 2. The highest BCUT2D eigenvalue weighted by Crippen LogP contribution is 2.22. The molecule has 0 spiro atoms. The fourth-order valence-corrected chi connectivity index (χ4v) is 1.84. The Hall–Kier alpha value is -0.770. The summed E-state index contributed by atoms with van der Waals surface area (Å²) >= 11 is 0. The summed E-state index contributed by atoms with van der Waals surface area (Å²) in [6.45, 7) is 2.48. The third-order valence-electron chi connectivity index (χ3n) is 2.42. The lowest BCUT2D eigenvalue weighted by Gasteiger charge is -2.22. The zero-order valence-corrected chi connectivity index (χ0v) is 8.19. The van der Waals surface area contributed by atoms with Crippen molar-refractivity contribution in [2.75, 3.05) is 13.7 Å². The molecular formula is C9H17NO3. The molecule has 2 atom stereocenters. The Balaban J connectivity index is 2.55. The van der Waals surface area contributed by atoms with E-state index in [0.29, 0.717) is 13.0 Å². The van der Waals surface area contributed by atoms with Crippen molar-refractivity contribution >= 4 is 6.09 Å². The topological polar surface area (TPSA) is 49.8 Å². The van der Waals surface area contributed by atoms with E-state index in [0.717, 1.165) is 12.8 Å². The van der Waals surface area contributed by atoms with Gasteiger partial charge in [0.2, 0.25) is 0 Å². The van der Waals surface area contributed by atoms with E-state index in [2.05, 4.69) is 11.7 Å². The van der Waals surface area contributed by atoms with Crippen molar-refractivity contribution in [2.24, 2.45) is 0 Å². The number of aliphatic hydroxyl groups is 1. The maximum Gasteiger partial charge on any atom is 0.409 e. The molecule has 1 aliphatic rings. The molecule has 0 unspecified atom stereocenters. The SMILES string of the molecule is CCC[C@@H]1C[C@H](O)CN1C(=O)OC. The minimum atomic E-state index is -0.379. The van der Waals surface area contributed by atoms with Crippen molar-refractivity contribution in [1.29, 1.82) is 0 Å². The highest BCUT2D eigenvalue weighted by atomic mass is 16.5. The first-order chi connectivity index (χ1) is 6.19. The van der Waals surface area contributed by atoms with Gasteiger partial charge >= 0.3 is 6.09 Å². The Kier molecular flexibility index (Phi) is 3.54. The van der Waals surface area contributed by atoms with Crippen LogP contribution in [0.25, 0.3) is 0 Å². The average molecular weight is 187 g/mol. The van der Waals surface area contributed by atoms with Crippen LogP contribution in [0.4, 0.5) is 4.79 Å². The lowest BCUT2D eigenvalue weighted by molar-refractivity contribution is 0.111. The van der Waals surface area contributed by atoms with Crippen LogP contribution >= 0.6 is 0 Å². The number of β-amino-alcohol motifs (C(OH)–C–C–N with tert-alkyl or cyclic N) is 1. The maximum absolute atomic E-state index is 11.2. The van der Waals surface area contributed by atoms with E-state index in [9.17, 15) is 9.90 Å². The molecule has 0 aromatic rings.